The lowest BCUT2D eigenvalue weighted by Gasteiger charge is -2.54. The summed E-state index contributed by atoms with van der Waals surface area (Å²) in [4.78, 5) is 5.32. The van der Waals surface area contributed by atoms with E-state index in [1.54, 1.807) is 0 Å². The van der Waals surface area contributed by atoms with Gasteiger partial charge in [0.1, 0.15) is 0 Å². The van der Waals surface area contributed by atoms with Crippen molar-refractivity contribution in [2.75, 3.05) is 26.7 Å². The molecule has 2 aliphatic rings. The summed E-state index contributed by atoms with van der Waals surface area (Å²) in [7, 11) is 2.25. The van der Waals surface area contributed by atoms with Gasteiger partial charge in [-0.3, -0.25) is 4.90 Å². The molecule has 3 heteroatoms. The molecule has 0 aromatic heterocycles. The van der Waals surface area contributed by atoms with Crippen LogP contribution >= 0.6 is 0 Å². The van der Waals surface area contributed by atoms with Gasteiger partial charge < -0.3 is 10.6 Å². The van der Waals surface area contributed by atoms with Crippen LogP contribution in [0.3, 0.4) is 0 Å². The monoisotopic (exact) mass is 267 g/mol. The van der Waals surface area contributed by atoms with Crippen molar-refractivity contribution in [3.63, 3.8) is 0 Å². The fourth-order valence-corrected chi connectivity index (χ4v) is 4.23. The number of hydrogen-bond donors (Lipinski definition) is 1. The maximum atomic E-state index is 6.27. The summed E-state index contributed by atoms with van der Waals surface area (Å²) < 4.78 is 0. The third kappa shape index (κ3) is 3.14. The summed E-state index contributed by atoms with van der Waals surface area (Å²) in [6.45, 7) is 8.00. The molecule has 3 nitrogen and oxygen atoms in total. The van der Waals surface area contributed by atoms with Crippen LogP contribution in [0.5, 0.6) is 0 Å². The average Bonchev–Trinajstić information content (AvgIpc) is 2.43. The second kappa shape index (κ2) is 6.55. The van der Waals surface area contributed by atoms with E-state index >= 15 is 0 Å². The van der Waals surface area contributed by atoms with Crippen LogP contribution < -0.4 is 5.73 Å². The van der Waals surface area contributed by atoms with Gasteiger partial charge in [-0.15, -0.1) is 0 Å². The molecule has 2 aliphatic heterocycles. The number of rotatable bonds is 4. The molecule has 0 aromatic rings. The van der Waals surface area contributed by atoms with Gasteiger partial charge in [-0.2, -0.15) is 0 Å². The van der Waals surface area contributed by atoms with Gasteiger partial charge in [0.15, 0.2) is 0 Å². The molecule has 2 fully saturated rings. The zero-order valence-electron chi connectivity index (χ0n) is 13.2. The fraction of sp³-hybridized carbons (Fsp3) is 1.00. The number of nitrogens with two attached hydrogens (primary N) is 1. The highest BCUT2D eigenvalue weighted by atomic mass is 15.3. The lowest BCUT2D eigenvalue weighted by atomic mass is 9.79. The predicted octanol–water partition coefficient (Wildman–Crippen LogP) is 2.45. The van der Waals surface area contributed by atoms with Gasteiger partial charge in [0.25, 0.3) is 0 Å². The molecule has 0 bridgehead atoms. The van der Waals surface area contributed by atoms with E-state index in [0.29, 0.717) is 6.04 Å². The van der Waals surface area contributed by atoms with Crippen LogP contribution in [0.2, 0.25) is 0 Å². The molecule has 2 saturated heterocycles. The van der Waals surface area contributed by atoms with Crippen LogP contribution in [0.4, 0.5) is 0 Å². The van der Waals surface area contributed by atoms with Gasteiger partial charge in [0, 0.05) is 24.2 Å². The molecule has 0 saturated carbocycles. The van der Waals surface area contributed by atoms with Crippen molar-refractivity contribution in [1.82, 2.24) is 9.80 Å². The van der Waals surface area contributed by atoms with Gasteiger partial charge in [0.05, 0.1) is 0 Å². The Hall–Kier alpha value is -0.120. The van der Waals surface area contributed by atoms with Crippen LogP contribution in [0.15, 0.2) is 0 Å². The van der Waals surface area contributed by atoms with Gasteiger partial charge in [-0.05, 0) is 59.2 Å². The molecule has 3 atom stereocenters. The van der Waals surface area contributed by atoms with Crippen molar-refractivity contribution in [3.8, 4) is 0 Å². The summed E-state index contributed by atoms with van der Waals surface area (Å²) in [5.41, 5.74) is 6.56. The van der Waals surface area contributed by atoms with E-state index in [1.807, 2.05) is 0 Å². The summed E-state index contributed by atoms with van der Waals surface area (Å²) >= 11 is 0. The third-order valence-corrected chi connectivity index (χ3v) is 5.60. The lowest BCUT2D eigenvalue weighted by Crippen LogP contribution is -2.64. The van der Waals surface area contributed by atoms with Crippen molar-refractivity contribution in [2.45, 2.75) is 76.4 Å². The largest absolute Gasteiger partial charge is 0.329 e. The third-order valence-electron chi connectivity index (χ3n) is 5.60. The van der Waals surface area contributed by atoms with E-state index in [2.05, 4.69) is 30.7 Å². The van der Waals surface area contributed by atoms with E-state index in [9.17, 15) is 0 Å². The number of piperidine rings is 2. The Morgan fingerprint density at radius 2 is 2.05 bits per heavy atom. The minimum Gasteiger partial charge on any atom is -0.329 e. The standard InChI is InChI=1S/C16H33N3/c1-4-7-15-8-5-6-10-19(15)16(13-17)9-11-18(3)14(2)12-16/h14-15H,4-13,17H2,1-3H3. The Balaban J connectivity index is 2.14. The van der Waals surface area contributed by atoms with Gasteiger partial charge in [-0.1, -0.05) is 19.8 Å². The molecule has 2 N–H and O–H groups in total. The van der Waals surface area contributed by atoms with Crippen LogP contribution in [0, 0.1) is 0 Å². The van der Waals surface area contributed by atoms with Crippen molar-refractivity contribution in [2.24, 2.45) is 5.73 Å². The molecular weight excluding hydrogens is 234 g/mol. The van der Waals surface area contributed by atoms with Gasteiger partial charge in [0.2, 0.25) is 0 Å². The fourth-order valence-electron chi connectivity index (χ4n) is 4.23. The summed E-state index contributed by atoms with van der Waals surface area (Å²) in [5.74, 6) is 0. The molecule has 112 valence electrons. The summed E-state index contributed by atoms with van der Waals surface area (Å²) in [5, 5.41) is 0. The molecule has 3 unspecified atom stereocenters. The second-order valence-corrected chi connectivity index (χ2v) is 6.84. The first kappa shape index (κ1) is 15.3. The number of nitrogens with zero attached hydrogens (tertiary/aromatic N) is 2. The Labute approximate surface area is 119 Å². The van der Waals surface area contributed by atoms with E-state index in [1.165, 1.54) is 58.0 Å². The molecule has 0 radical (unpaired) electrons. The predicted molar refractivity (Wildman–Crippen MR) is 82.4 cm³/mol. The highest BCUT2D eigenvalue weighted by molar-refractivity contribution is 5.01. The van der Waals surface area contributed by atoms with Gasteiger partial charge >= 0.3 is 0 Å². The normalized spacial score (nSPS) is 38.5. The number of likely N-dealkylation sites (tertiary alicyclic amines) is 2. The SMILES string of the molecule is CCCC1CCCCN1C1(CN)CCN(C)C(C)C1. The van der Waals surface area contributed by atoms with Crippen LogP contribution in [-0.4, -0.2) is 54.1 Å². The maximum Gasteiger partial charge on any atom is 0.0361 e. The minimum atomic E-state index is 0.284. The first-order valence-electron chi connectivity index (χ1n) is 8.30. The summed E-state index contributed by atoms with van der Waals surface area (Å²) in [6, 6.07) is 1.46. The molecule has 2 rings (SSSR count). The van der Waals surface area contributed by atoms with Crippen LogP contribution in [0.25, 0.3) is 0 Å². The molecular formula is C16H33N3. The van der Waals surface area contributed by atoms with E-state index < -0.39 is 0 Å². The molecule has 0 spiro atoms. The quantitative estimate of drug-likeness (QED) is 0.849. The van der Waals surface area contributed by atoms with Crippen molar-refractivity contribution < 1.29 is 0 Å². The Kier molecular flexibility index (Phi) is 5.27. The Bertz CT molecular complexity index is 279. The molecule has 19 heavy (non-hydrogen) atoms. The molecule has 2 heterocycles. The Morgan fingerprint density at radius 3 is 2.68 bits per heavy atom. The van der Waals surface area contributed by atoms with Crippen molar-refractivity contribution in [3.05, 3.63) is 0 Å². The molecule has 0 amide bonds. The van der Waals surface area contributed by atoms with Crippen molar-refractivity contribution >= 4 is 0 Å². The minimum absolute atomic E-state index is 0.284. The second-order valence-electron chi connectivity index (χ2n) is 6.84. The zero-order valence-corrected chi connectivity index (χ0v) is 13.2. The maximum absolute atomic E-state index is 6.27. The first-order valence-corrected chi connectivity index (χ1v) is 8.30. The smallest absolute Gasteiger partial charge is 0.0361 e. The average molecular weight is 267 g/mol. The lowest BCUT2D eigenvalue weighted by molar-refractivity contribution is -0.0343. The van der Waals surface area contributed by atoms with E-state index in [0.717, 1.165) is 12.6 Å². The highest BCUT2D eigenvalue weighted by Crippen LogP contribution is 2.36. The first-order chi connectivity index (χ1) is 9.13. The van der Waals surface area contributed by atoms with E-state index in [4.69, 9.17) is 5.73 Å². The van der Waals surface area contributed by atoms with Crippen LogP contribution in [0.1, 0.15) is 58.8 Å². The molecule has 0 aliphatic carbocycles. The number of hydrogen-bond acceptors (Lipinski definition) is 3. The molecule has 0 aromatic carbocycles. The van der Waals surface area contributed by atoms with Gasteiger partial charge in [-0.25, -0.2) is 0 Å². The van der Waals surface area contributed by atoms with E-state index in [-0.39, 0.29) is 5.54 Å². The Morgan fingerprint density at radius 1 is 1.26 bits per heavy atom. The van der Waals surface area contributed by atoms with Crippen molar-refractivity contribution in [1.29, 1.82) is 0 Å². The zero-order chi connectivity index (χ0) is 13.9. The summed E-state index contributed by atoms with van der Waals surface area (Å²) in [6.07, 6.45) is 9.33. The topological polar surface area (TPSA) is 32.5 Å². The highest BCUT2D eigenvalue weighted by Gasteiger charge is 2.43. The van der Waals surface area contributed by atoms with Crippen LogP contribution in [-0.2, 0) is 0 Å².